The van der Waals surface area contributed by atoms with Gasteiger partial charge in [-0.15, -0.1) is 0 Å². The topological polar surface area (TPSA) is 66.8 Å². The molecule has 1 N–H and O–H groups in total. The van der Waals surface area contributed by atoms with Crippen molar-refractivity contribution in [2.45, 2.75) is 45.3 Å². The summed E-state index contributed by atoms with van der Waals surface area (Å²) in [7, 11) is 0. The molecule has 0 aromatic heterocycles. The van der Waals surface area contributed by atoms with E-state index < -0.39 is 23.7 Å². The summed E-state index contributed by atoms with van der Waals surface area (Å²) in [5.41, 5.74) is 0.392. The Kier molecular flexibility index (Phi) is 5.19. The third-order valence-corrected chi connectivity index (χ3v) is 3.95. The number of hydrogen-bond donors (Lipinski definition) is 1. The Bertz CT molecular complexity index is 597. The second-order valence-corrected chi connectivity index (χ2v) is 7.36. The lowest BCUT2D eigenvalue weighted by atomic mass is 9.97. The fourth-order valence-corrected chi connectivity index (χ4v) is 3.04. The van der Waals surface area contributed by atoms with Crippen LogP contribution in [0.15, 0.2) is 24.3 Å². The fourth-order valence-electron chi connectivity index (χ4n) is 2.82. The van der Waals surface area contributed by atoms with E-state index in [9.17, 15) is 14.7 Å². The number of amides is 1. The van der Waals surface area contributed by atoms with E-state index >= 15 is 0 Å². The maximum absolute atomic E-state index is 12.2. The van der Waals surface area contributed by atoms with Crippen LogP contribution in [0.4, 0.5) is 4.79 Å². The number of rotatable bonds is 3. The van der Waals surface area contributed by atoms with Crippen LogP contribution in [0.2, 0.25) is 5.02 Å². The molecule has 6 heteroatoms. The van der Waals surface area contributed by atoms with Crippen LogP contribution in [0.1, 0.15) is 32.8 Å². The van der Waals surface area contributed by atoms with Crippen molar-refractivity contribution in [3.05, 3.63) is 34.9 Å². The van der Waals surface area contributed by atoms with Crippen LogP contribution >= 0.6 is 11.6 Å². The Morgan fingerprint density at radius 2 is 2.09 bits per heavy atom. The van der Waals surface area contributed by atoms with Gasteiger partial charge in [0, 0.05) is 11.6 Å². The first kappa shape index (κ1) is 17.6. The molecule has 2 rings (SSSR count). The number of carboxylic acids is 1. The summed E-state index contributed by atoms with van der Waals surface area (Å²) in [6, 6.07) is 6.65. The maximum Gasteiger partial charge on any atom is 0.411 e. The second-order valence-electron chi connectivity index (χ2n) is 6.92. The molecule has 0 radical (unpaired) electrons. The molecular weight excluding hydrogens is 318 g/mol. The van der Waals surface area contributed by atoms with E-state index in [2.05, 4.69) is 0 Å². The Morgan fingerprint density at radius 1 is 1.39 bits per heavy atom. The van der Waals surface area contributed by atoms with E-state index in [-0.39, 0.29) is 5.92 Å². The molecular formula is C17H22ClNO4. The molecule has 0 spiro atoms. The third kappa shape index (κ3) is 4.86. The van der Waals surface area contributed by atoms with Crippen molar-refractivity contribution in [3.8, 4) is 0 Å². The van der Waals surface area contributed by atoms with Gasteiger partial charge in [0.2, 0.25) is 0 Å². The Labute approximate surface area is 141 Å². The number of hydrogen-bond acceptors (Lipinski definition) is 3. The van der Waals surface area contributed by atoms with Gasteiger partial charge in [-0.05, 0) is 57.2 Å². The molecule has 126 valence electrons. The molecule has 2 unspecified atom stereocenters. The number of carbonyl (C=O) groups is 2. The molecule has 1 saturated heterocycles. The van der Waals surface area contributed by atoms with Crippen molar-refractivity contribution in [3.63, 3.8) is 0 Å². The van der Waals surface area contributed by atoms with Crippen LogP contribution in [0.3, 0.4) is 0 Å². The van der Waals surface area contributed by atoms with Crippen LogP contribution in [-0.2, 0) is 16.0 Å². The Morgan fingerprint density at radius 3 is 2.65 bits per heavy atom. The van der Waals surface area contributed by atoms with Crippen molar-refractivity contribution in [2.75, 3.05) is 6.54 Å². The standard InChI is InChI=1S/C17H22ClNO4/c1-17(2,3)23-16(22)19-10-12(9-14(19)15(20)21)7-11-5-4-6-13(18)8-11/h4-6,8,12,14H,7,9-10H2,1-3H3,(H,20,21). The number of halogens is 1. The van der Waals surface area contributed by atoms with Gasteiger partial charge in [-0.2, -0.15) is 0 Å². The van der Waals surface area contributed by atoms with Crippen molar-refractivity contribution in [1.29, 1.82) is 0 Å². The van der Waals surface area contributed by atoms with Crippen LogP contribution in [0.25, 0.3) is 0 Å². The zero-order chi connectivity index (χ0) is 17.2. The van der Waals surface area contributed by atoms with E-state index in [0.29, 0.717) is 24.4 Å². The smallest absolute Gasteiger partial charge is 0.411 e. The van der Waals surface area contributed by atoms with Crippen molar-refractivity contribution in [2.24, 2.45) is 5.92 Å². The zero-order valence-electron chi connectivity index (χ0n) is 13.6. The molecule has 0 bridgehead atoms. The van der Waals surface area contributed by atoms with Gasteiger partial charge in [0.1, 0.15) is 11.6 Å². The number of nitrogens with zero attached hydrogens (tertiary/aromatic N) is 1. The largest absolute Gasteiger partial charge is 0.480 e. The van der Waals surface area contributed by atoms with E-state index in [0.717, 1.165) is 5.56 Å². The Hall–Kier alpha value is -1.75. The number of ether oxygens (including phenoxy) is 1. The molecule has 0 aliphatic carbocycles. The summed E-state index contributed by atoms with van der Waals surface area (Å²) >= 11 is 5.98. The number of aliphatic carboxylic acids is 1. The third-order valence-electron chi connectivity index (χ3n) is 3.71. The molecule has 23 heavy (non-hydrogen) atoms. The van der Waals surface area contributed by atoms with Gasteiger partial charge in [-0.1, -0.05) is 23.7 Å². The van der Waals surface area contributed by atoms with Gasteiger partial charge in [-0.3, -0.25) is 4.90 Å². The average molecular weight is 340 g/mol. The summed E-state index contributed by atoms with van der Waals surface area (Å²) in [5.74, 6) is -0.925. The minimum atomic E-state index is -0.996. The van der Waals surface area contributed by atoms with Crippen molar-refractivity contribution < 1.29 is 19.4 Å². The highest BCUT2D eigenvalue weighted by atomic mass is 35.5. The normalized spacial score (nSPS) is 21.3. The second kappa shape index (κ2) is 6.79. The monoisotopic (exact) mass is 339 g/mol. The number of likely N-dealkylation sites (tertiary alicyclic amines) is 1. The molecule has 1 aromatic carbocycles. The van der Waals surface area contributed by atoms with Crippen molar-refractivity contribution in [1.82, 2.24) is 4.90 Å². The van der Waals surface area contributed by atoms with Gasteiger partial charge in [0.05, 0.1) is 0 Å². The van der Waals surface area contributed by atoms with Gasteiger partial charge < -0.3 is 9.84 Å². The first-order valence-corrected chi connectivity index (χ1v) is 8.00. The predicted octanol–water partition coefficient (Wildman–Crippen LogP) is 3.59. The quantitative estimate of drug-likeness (QED) is 0.913. The van der Waals surface area contributed by atoms with E-state index in [1.807, 2.05) is 18.2 Å². The first-order valence-electron chi connectivity index (χ1n) is 7.62. The van der Waals surface area contributed by atoms with E-state index in [1.54, 1.807) is 26.8 Å². The lowest BCUT2D eigenvalue weighted by Crippen LogP contribution is -2.43. The maximum atomic E-state index is 12.2. The molecule has 0 saturated carbocycles. The predicted molar refractivity (Wildman–Crippen MR) is 87.6 cm³/mol. The lowest BCUT2D eigenvalue weighted by molar-refractivity contribution is -0.142. The Balaban J connectivity index is 2.08. The highest BCUT2D eigenvalue weighted by Crippen LogP contribution is 2.29. The highest BCUT2D eigenvalue weighted by Gasteiger charge is 2.41. The highest BCUT2D eigenvalue weighted by molar-refractivity contribution is 6.30. The zero-order valence-corrected chi connectivity index (χ0v) is 14.3. The van der Waals surface area contributed by atoms with Gasteiger partial charge in [0.25, 0.3) is 0 Å². The molecule has 2 atom stereocenters. The summed E-state index contributed by atoms with van der Waals surface area (Å²) in [4.78, 5) is 25.0. The van der Waals surface area contributed by atoms with Gasteiger partial charge in [0.15, 0.2) is 0 Å². The molecule has 5 nitrogen and oxygen atoms in total. The minimum Gasteiger partial charge on any atom is -0.480 e. The summed E-state index contributed by atoms with van der Waals surface area (Å²) in [6.07, 6.45) is 0.531. The lowest BCUT2D eigenvalue weighted by Gasteiger charge is -2.26. The van der Waals surface area contributed by atoms with Gasteiger partial charge >= 0.3 is 12.1 Å². The molecule has 1 amide bonds. The SMILES string of the molecule is CC(C)(C)OC(=O)N1CC(Cc2cccc(Cl)c2)CC1C(=O)O. The summed E-state index contributed by atoms with van der Waals surface area (Å²) in [6.45, 7) is 5.67. The van der Waals surface area contributed by atoms with Gasteiger partial charge in [-0.25, -0.2) is 9.59 Å². The fraction of sp³-hybridized carbons (Fsp3) is 0.529. The van der Waals surface area contributed by atoms with Crippen LogP contribution < -0.4 is 0 Å². The summed E-state index contributed by atoms with van der Waals surface area (Å²) < 4.78 is 5.32. The van der Waals surface area contributed by atoms with Crippen LogP contribution in [0, 0.1) is 5.92 Å². The van der Waals surface area contributed by atoms with Crippen LogP contribution in [0.5, 0.6) is 0 Å². The van der Waals surface area contributed by atoms with Crippen molar-refractivity contribution >= 4 is 23.7 Å². The molecule has 1 heterocycles. The van der Waals surface area contributed by atoms with E-state index in [1.165, 1.54) is 4.90 Å². The molecule has 1 aliphatic rings. The summed E-state index contributed by atoms with van der Waals surface area (Å²) in [5, 5.41) is 10.0. The number of benzene rings is 1. The molecule has 1 aliphatic heterocycles. The first-order chi connectivity index (χ1) is 10.7. The van der Waals surface area contributed by atoms with Crippen LogP contribution in [-0.4, -0.2) is 40.3 Å². The molecule has 1 fully saturated rings. The van der Waals surface area contributed by atoms with E-state index in [4.69, 9.17) is 16.3 Å². The molecule has 1 aromatic rings. The average Bonchev–Trinajstić information content (AvgIpc) is 2.81. The number of carbonyl (C=O) groups excluding carboxylic acids is 1. The minimum absolute atomic E-state index is 0.0714. The number of carboxylic acid groups (broad SMARTS) is 1.